The highest BCUT2D eigenvalue weighted by atomic mass is 16.4. The van der Waals surface area contributed by atoms with Crippen LogP contribution < -0.4 is 0 Å². The van der Waals surface area contributed by atoms with E-state index in [0.717, 1.165) is 12.8 Å². The molecule has 0 aromatic carbocycles. The van der Waals surface area contributed by atoms with Gasteiger partial charge < -0.3 is 14.9 Å². The van der Waals surface area contributed by atoms with Crippen LogP contribution in [0.4, 0.5) is 4.79 Å². The molecular weight excluding hydrogens is 184 g/mol. The molecule has 1 aliphatic carbocycles. The van der Waals surface area contributed by atoms with Crippen LogP contribution in [0.25, 0.3) is 0 Å². The number of rotatable bonds is 3. The molecule has 2 rings (SSSR count). The van der Waals surface area contributed by atoms with Crippen molar-refractivity contribution < 1.29 is 14.7 Å². The maximum atomic E-state index is 11.6. The Morgan fingerprint density at radius 2 is 2.21 bits per heavy atom. The third-order valence-electron chi connectivity index (χ3n) is 2.78. The van der Waals surface area contributed by atoms with E-state index in [1.54, 1.807) is 16.8 Å². The number of aliphatic carboxylic acids is 1. The molecule has 2 fully saturated rings. The number of hydrogen-bond acceptors (Lipinski definition) is 2. The lowest BCUT2D eigenvalue weighted by Gasteiger charge is -2.21. The summed E-state index contributed by atoms with van der Waals surface area (Å²) in [5.74, 6) is -0.830. The summed E-state index contributed by atoms with van der Waals surface area (Å²) in [5.41, 5.74) is 0. The van der Waals surface area contributed by atoms with Crippen molar-refractivity contribution in [2.45, 2.75) is 31.3 Å². The normalized spacial score (nSPS) is 27.2. The van der Waals surface area contributed by atoms with Gasteiger partial charge in [0.25, 0.3) is 0 Å². The number of urea groups is 1. The molecule has 2 amide bonds. The zero-order valence-electron chi connectivity index (χ0n) is 8.14. The molecule has 1 unspecified atom stereocenters. The smallest absolute Gasteiger partial charge is 0.320 e. The van der Waals surface area contributed by atoms with E-state index in [0.29, 0.717) is 12.6 Å². The molecule has 0 aromatic rings. The first-order valence-electron chi connectivity index (χ1n) is 4.85. The lowest BCUT2D eigenvalue weighted by atomic mass is 10.2. The van der Waals surface area contributed by atoms with Gasteiger partial charge in [0, 0.05) is 19.6 Å². The van der Waals surface area contributed by atoms with Gasteiger partial charge in [-0.15, -0.1) is 0 Å². The van der Waals surface area contributed by atoms with Gasteiger partial charge >= 0.3 is 12.0 Å². The SMILES string of the molecule is CN1CC(CC(=O)O)N(C2CC2)C1=O. The van der Waals surface area contributed by atoms with Gasteiger partial charge in [-0.1, -0.05) is 0 Å². The molecule has 1 heterocycles. The standard InChI is InChI=1S/C9H14N2O3/c1-10-5-7(4-8(12)13)11(9(10)14)6-2-3-6/h6-7H,2-5H2,1H3,(H,12,13). The summed E-state index contributed by atoms with van der Waals surface area (Å²) in [6.45, 7) is 0.543. The predicted molar refractivity (Wildman–Crippen MR) is 48.9 cm³/mol. The van der Waals surface area contributed by atoms with Crippen molar-refractivity contribution in [1.82, 2.24) is 9.80 Å². The molecule has 1 N–H and O–H groups in total. The highest BCUT2D eigenvalue weighted by molar-refractivity contribution is 5.79. The van der Waals surface area contributed by atoms with Crippen molar-refractivity contribution in [1.29, 1.82) is 0 Å². The summed E-state index contributed by atoms with van der Waals surface area (Å²) in [4.78, 5) is 25.6. The molecule has 1 saturated heterocycles. The highest BCUT2D eigenvalue weighted by Crippen LogP contribution is 2.33. The summed E-state index contributed by atoms with van der Waals surface area (Å²) < 4.78 is 0. The second-order valence-corrected chi connectivity index (χ2v) is 4.05. The third-order valence-corrected chi connectivity index (χ3v) is 2.78. The fourth-order valence-corrected chi connectivity index (χ4v) is 2.01. The van der Waals surface area contributed by atoms with Crippen LogP contribution in [0.3, 0.4) is 0 Å². The number of nitrogens with zero attached hydrogens (tertiary/aromatic N) is 2. The van der Waals surface area contributed by atoms with E-state index in [9.17, 15) is 9.59 Å². The van der Waals surface area contributed by atoms with Gasteiger partial charge in [0.15, 0.2) is 0 Å². The number of carboxylic acids is 1. The summed E-state index contributed by atoms with van der Waals surface area (Å²) >= 11 is 0. The molecule has 78 valence electrons. The summed E-state index contributed by atoms with van der Waals surface area (Å²) in [7, 11) is 1.72. The molecule has 1 saturated carbocycles. The average molecular weight is 198 g/mol. The van der Waals surface area contributed by atoms with Gasteiger partial charge in [0.2, 0.25) is 0 Å². The Bertz CT molecular complexity index is 275. The Morgan fingerprint density at radius 1 is 1.57 bits per heavy atom. The van der Waals surface area contributed by atoms with E-state index in [-0.39, 0.29) is 18.5 Å². The Kier molecular flexibility index (Phi) is 2.09. The fourth-order valence-electron chi connectivity index (χ4n) is 2.01. The lowest BCUT2D eigenvalue weighted by molar-refractivity contribution is -0.138. The highest BCUT2D eigenvalue weighted by Gasteiger charge is 2.44. The van der Waals surface area contributed by atoms with E-state index < -0.39 is 5.97 Å². The van der Waals surface area contributed by atoms with Crippen LogP contribution in [0.15, 0.2) is 0 Å². The van der Waals surface area contributed by atoms with Gasteiger partial charge in [0.05, 0.1) is 12.5 Å². The maximum Gasteiger partial charge on any atom is 0.320 e. The first kappa shape index (κ1) is 9.30. The third kappa shape index (κ3) is 1.54. The van der Waals surface area contributed by atoms with Crippen molar-refractivity contribution in [3.8, 4) is 0 Å². The van der Waals surface area contributed by atoms with Gasteiger partial charge in [-0.25, -0.2) is 4.79 Å². The molecule has 0 aromatic heterocycles. The fraction of sp³-hybridized carbons (Fsp3) is 0.778. The van der Waals surface area contributed by atoms with Crippen LogP contribution in [-0.4, -0.2) is 52.6 Å². The predicted octanol–water partition coefficient (Wildman–Crippen LogP) is 0.359. The van der Waals surface area contributed by atoms with Crippen LogP contribution in [-0.2, 0) is 4.79 Å². The average Bonchev–Trinajstić information content (AvgIpc) is 2.83. The van der Waals surface area contributed by atoms with Crippen molar-refractivity contribution in [3.63, 3.8) is 0 Å². The Balaban J connectivity index is 2.07. The molecule has 0 radical (unpaired) electrons. The number of likely N-dealkylation sites (N-methyl/N-ethyl adjacent to an activating group) is 1. The monoisotopic (exact) mass is 198 g/mol. The van der Waals surface area contributed by atoms with E-state index in [4.69, 9.17) is 5.11 Å². The Labute approximate surface area is 82.3 Å². The number of carbonyl (C=O) groups excluding carboxylic acids is 1. The molecule has 1 atom stereocenters. The molecule has 1 aliphatic heterocycles. The molecule has 14 heavy (non-hydrogen) atoms. The van der Waals surface area contributed by atoms with Gasteiger partial charge in [-0.05, 0) is 12.8 Å². The number of carbonyl (C=O) groups is 2. The minimum Gasteiger partial charge on any atom is -0.481 e. The minimum absolute atomic E-state index is 0.0150. The molecular formula is C9H14N2O3. The Morgan fingerprint density at radius 3 is 2.71 bits per heavy atom. The zero-order valence-corrected chi connectivity index (χ0v) is 8.14. The molecule has 0 spiro atoms. The number of carboxylic acid groups (broad SMARTS) is 1. The maximum absolute atomic E-state index is 11.6. The molecule has 5 nitrogen and oxygen atoms in total. The molecule has 0 bridgehead atoms. The van der Waals surface area contributed by atoms with E-state index >= 15 is 0 Å². The van der Waals surface area contributed by atoms with Crippen LogP contribution in [0.5, 0.6) is 0 Å². The van der Waals surface area contributed by atoms with Crippen LogP contribution >= 0.6 is 0 Å². The summed E-state index contributed by atoms with van der Waals surface area (Å²) in [5, 5.41) is 8.71. The largest absolute Gasteiger partial charge is 0.481 e. The summed E-state index contributed by atoms with van der Waals surface area (Å²) in [6.07, 6.45) is 2.11. The second-order valence-electron chi connectivity index (χ2n) is 4.05. The van der Waals surface area contributed by atoms with Crippen molar-refractivity contribution in [3.05, 3.63) is 0 Å². The Hall–Kier alpha value is -1.26. The minimum atomic E-state index is -0.830. The van der Waals surface area contributed by atoms with Crippen LogP contribution in [0.1, 0.15) is 19.3 Å². The van der Waals surface area contributed by atoms with E-state index in [1.807, 2.05) is 0 Å². The summed E-state index contributed by atoms with van der Waals surface area (Å²) in [6, 6.07) is 0.160. The zero-order chi connectivity index (χ0) is 10.3. The van der Waals surface area contributed by atoms with Gasteiger partial charge in [-0.3, -0.25) is 4.79 Å². The first-order valence-corrected chi connectivity index (χ1v) is 4.85. The van der Waals surface area contributed by atoms with E-state index in [2.05, 4.69) is 0 Å². The van der Waals surface area contributed by atoms with Crippen molar-refractivity contribution in [2.75, 3.05) is 13.6 Å². The van der Waals surface area contributed by atoms with Gasteiger partial charge in [-0.2, -0.15) is 0 Å². The topological polar surface area (TPSA) is 60.9 Å². The lowest BCUT2D eigenvalue weighted by Crippen LogP contribution is -2.37. The quantitative estimate of drug-likeness (QED) is 0.712. The van der Waals surface area contributed by atoms with E-state index in [1.165, 1.54) is 0 Å². The second kappa shape index (κ2) is 3.15. The van der Waals surface area contributed by atoms with Crippen molar-refractivity contribution in [2.24, 2.45) is 0 Å². The number of hydrogen-bond donors (Lipinski definition) is 1. The molecule has 5 heteroatoms. The first-order chi connectivity index (χ1) is 6.59. The number of amides is 2. The van der Waals surface area contributed by atoms with Gasteiger partial charge in [0.1, 0.15) is 0 Å². The van der Waals surface area contributed by atoms with Crippen LogP contribution in [0.2, 0.25) is 0 Å². The van der Waals surface area contributed by atoms with Crippen molar-refractivity contribution >= 4 is 12.0 Å². The van der Waals surface area contributed by atoms with Crippen LogP contribution in [0, 0.1) is 0 Å². The molecule has 2 aliphatic rings.